The number of aromatic nitrogens is 1. The van der Waals surface area contributed by atoms with Gasteiger partial charge in [0, 0.05) is 48.2 Å². The number of nitrogens with zero attached hydrogens (tertiary/aromatic N) is 1. The number of benzene rings is 1. The van der Waals surface area contributed by atoms with Gasteiger partial charge in [-0.3, -0.25) is 4.79 Å². The third-order valence-electron chi connectivity index (χ3n) is 5.82. The topological polar surface area (TPSA) is 82.6 Å². The van der Waals surface area contributed by atoms with Crippen molar-refractivity contribution in [2.45, 2.75) is 32.7 Å². The van der Waals surface area contributed by atoms with E-state index in [1.807, 2.05) is 42.2 Å². The lowest BCUT2D eigenvalue weighted by Gasteiger charge is -2.41. The number of aromatic amines is 1. The van der Waals surface area contributed by atoms with Crippen LogP contribution >= 0.6 is 0 Å². The molecule has 1 aliphatic heterocycles. The van der Waals surface area contributed by atoms with E-state index in [1.54, 1.807) is 6.92 Å². The second-order valence-corrected chi connectivity index (χ2v) is 7.37. The van der Waals surface area contributed by atoms with Gasteiger partial charge in [-0.05, 0) is 37.0 Å². The predicted octanol–water partition coefficient (Wildman–Crippen LogP) is 3.29. The first kappa shape index (κ1) is 20.9. The monoisotopic (exact) mass is 396 g/mol. The molecule has 2 aromatic rings. The molecular weight excluding hydrogens is 368 g/mol. The summed E-state index contributed by atoms with van der Waals surface area (Å²) >= 11 is 0. The van der Waals surface area contributed by atoms with Crippen LogP contribution < -0.4 is 0 Å². The van der Waals surface area contributed by atoms with Crippen LogP contribution in [-0.2, 0) is 20.7 Å². The summed E-state index contributed by atoms with van der Waals surface area (Å²) < 4.78 is 4.90. The van der Waals surface area contributed by atoms with Crippen LogP contribution in [0.2, 0.25) is 0 Å². The number of esters is 1. The Morgan fingerprint density at radius 2 is 2.10 bits per heavy atom. The van der Waals surface area contributed by atoms with Gasteiger partial charge in [-0.15, -0.1) is 0 Å². The smallest absolute Gasteiger partial charge is 0.333 e. The number of hydrogen-bond donors (Lipinski definition) is 2. The summed E-state index contributed by atoms with van der Waals surface area (Å²) in [4.78, 5) is 30.0. The average molecular weight is 396 g/mol. The summed E-state index contributed by atoms with van der Waals surface area (Å²) in [6.45, 7) is 7.88. The fraction of sp³-hybridized carbons (Fsp3) is 0.391. The summed E-state index contributed by atoms with van der Waals surface area (Å²) in [6, 6.07) is 7.67. The standard InChI is InChI=1S/C23H28N2O4/c1-5-16-13-25(15(3)27)21(12-19(16)14(2)23(28)29-4)22-18(10-11-26)17-8-6-7-9-20(17)24-22/h5-9,19,21,24,26H,2,10-13H2,1,3-4H3/b16-5-. The van der Waals surface area contributed by atoms with Crippen molar-refractivity contribution in [1.29, 1.82) is 0 Å². The third kappa shape index (κ3) is 3.85. The van der Waals surface area contributed by atoms with Gasteiger partial charge in [0.25, 0.3) is 0 Å². The van der Waals surface area contributed by atoms with E-state index in [4.69, 9.17) is 4.74 Å². The number of ether oxygens (including phenoxy) is 1. The number of likely N-dealkylation sites (tertiary alicyclic amines) is 1. The number of allylic oxidation sites excluding steroid dienone is 1. The maximum Gasteiger partial charge on any atom is 0.333 e. The van der Waals surface area contributed by atoms with Gasteiger partial charge in [-0.1, -0.05) is 30.9 Å². The quantitative estimate of drug-likeness (QED) is 0.462. The van der Waals surface area contributed by atoms with Crippen LogP contribution in [0, 0.1) is 5.92 Å². The molecule has 1 fully saturated rings. The van der Waals surface area contributed by atoms with Crippen LogP contribution in [0.4, 0.5) is 0 Å². The number of H-pyrrole nitrogens is 1. The number of piperidine rings is 1. The first-order valence-electron chi connectivity index (χ1n) is 9.82. The molecule has 2 N–H and O–H groups in total. The Balaban J connectivity index is 2.11. The number of carbonyl (C=O) groups is 2. The highest BCUT2D eigenvalue weighted by molar-refractivity contribution is 5.89. The number of amides is 1. The molecule has 2 unspecified atom stereocenters. The van der Waals surface area contributed by atoms with Crippen LogP contribution in [0.15, 0.2) is 48.1 Å². The molecule has 0 saturated carbocycles. The number of methoxy groups -OCH3 is 1. The molecule has 1 aromatic carbocycles. The van der Waals surface area contributed by atoms with Crippen LogP contribution in [0.5, 0.6) is 0 Å². The molecule has 6 heteroatoms. The van der Waals surface area contributed by atoms with E-state index in [9.17, 15) is 14.7 Å². The lowest BCUT2D eigenvalue weighted by Crippen LogP contribution is -2.42. The maximum absolute atomic E-state index is 12.5. The molecule has 2 heterocycles. The molecule has 1 saturated heterocycles. The largest absolute Gasteiger partial charge is 0.466 e. The Bertz CT molecular complexity index is 972. The first-order valence-corrected chi connectivity index (χ1v) is 9.82. The SMILES string of the molecule is C=C(C(=O)OC)C1CC(c2[nH]c3ccccc3c2CCO)N(C(C)=O)C/C1=C/C. The normalized spacial score (nSPS) is 20.8. The summed E-state index contributed by atoms with van der Waals surface area (Å²) in [5.74, 6) is -0.678. The van der Waals surface area contributed by atoms with Crippen molar-refractivity contribution < 1.29 is 19.4 Å². The molecular formula is C23H28N2O4. The summed E-state index contributed by atoms with van der Waals surface area (Å²) in [5, 5.41) is 10.7. The Hall–Kier alpha value is -2.86. The van der Waals surface area contributed by atoms with Gasteiger partial charge in [0.05, 0.1) is 13.2 Å². The molecule has 154 valence electrons. The predicted molar refractivity (Wildman–Crippen MR) is 112 cm³/mol. The van der Waals surface area contributed by atoms with Crippen molar-refractivity contribution in [2.24, 2.45) is 5.92 Å². The highest BCUT2D eigenvalue weighted by Gasteiger charge is 2.38. The van der Waals surface area contributed by atoms with Gasteiger partial charge in [0.1, 0.15) is 0 Å². The average Bonchev–Trinajstić information content (AvgIpc) is 3.10. The molecule has 3 rings (SSSR count). The number of hydrogen-bond acceptors (Lipinski definition) is 4. The molecule has 1 amide bonds. The minimum absolute atomic E-state index is 0.0139. The third-order valence-corrected chi connectivity index (χ3v) is 5.82. The minimum Gasteiger partial charge on any atom is -0.466 e. The van der Waals surface area contributed by atoms with E-state index >= 15 is 0 Å². The maximum atomic E-state index is 12.5. The highest BCUT2D eigenvalue weighted by Crippen LogP contribution is 2.42. The van der Waals surface area contributed by atoms with Gasteiger partial charge >= 0.3 is 5.97 Å². The Labute approximate surface area is 170 Å². The number of carbonyl (C=O) groups excluding carboxylic acids is 2. The molecule has 0 radical (unpaired) electrons. The summed E-state index contributed by atoms with van der Waals surface area (Å²) in [7, 11) is 1.35. The Kier molecular flexibility index (Phi) is 6.23. The molecule has 2 atom stereocenters. The van der Waals surface area contributed by atoms with E-state index in [-0.39, 0.29) is 24.5 Å². The number of aliphatic hydroxyl groups is 1. The zero-order valence-electron chi connectivity index (χ0n) is 17.2. The minimum atomic E-state index is -0.434. The summed E-state index contributed by atoms with van der Waals surface area (Å²) in [6.07, 6.45) is 2.96. The van der Waals surface area contributed by atoms with Gasteiger partial charge < -0.3 is 19.7 Å². The Morgan fingerprint density at radius 3 is 2.72 bits per heavy atom. The van der Waals surface area contributed by atoms with Crippen molar-refractivity contribution in [3.63, 3.8) is 0 Å². The Morgan fingerprint density at radius 1 is 1.38 bits per heavy atom. The second-order valence-electron chi connectivity index (χ2n) is 7.37. The van der Waals surface area contributed by atoms with Crippen molar-refractivity contribution in [3.05, 3.63) is 59.3 Å². The van der Waals surface area contributed by atoms with Crippen molar-refractivity contribution >= 4 is 22.8 Å². The van der Waals surface area contributed by atoms with E-state index in [0.29, 0.717) is 25.0 Å². The molecule has 29 heavy (non-hydrogen) atoms. The molecule has 0 spiro atoms. The fourth-order valence-corrected chi connectivity index (χ4v) is 4.34. The lowest BCUT2D eigenvalue weighted by atomic mass is 9.79. The fourth-order valence-electron chi connectivity index (χ4n) is 4.34. The number of fused-ring (bicyclic) bond motifs is 1. The molecule has 1 aromatic heterocycles. The van der Waals surface area contributed by atoms with Crippen molar-refractivity contribution in [3.8, 4) is 0 Å². The molecule has 0 aliphatic carbocycles. The van der Waals surface area contributed by atoms with Crippen LogP contribution in [0.3, 0.4) is 0 Å². The van der Waals surface area contributed by atoms with Crippen LogP contribution in [0.25, 0.3) is 10.9 Å². The van der Waals surface area contributed by atoms with Crippen LogP contribution in [0.1, 0.15) is 37.6 Å². The van der Waals surface area contributed by atoms with Crippen molar-refractivity contribution in [1.82, 2.24) is 9.88 Å². The molecule has 6 nitrogen and oxygen atoms in total. The number of para-hydroxylation sites is 1. The van der Waals surface area contributed by atoms with Gasteiger partial charge in [-0.25, -0.2) is 4.79 Å². The van der Waals surface area contributed by atoms with Gasteiger partial charge in [-0.2, -0.15) is 0 Å². The zero-order chi connectivity index (χ0) is 21.1. The second kappa shape index (κ2) is 8.66. The van der Waals surface area contributed by atoms with E-state index in [1.165, 1.54) is 7.11 Å². The zero-order valence-corrected chi connectivity index (χ0v) is 17.2. The molecule has 0 bridgehead atoms. The first-order chi connectivity index (χ1) is 13.9. The summed E-state index contributed by atoms with van der Waals surface area (Å²) in [5.41, 5.74) is 4.26. The van der Waals surface area contributed by atoms with Crippen LogP contribution in [-0.4, -0.2) is 47.1 Å². The molecule has 1 aliphatic rings. The van der Waals surface area contributed by atoms with Gasteiger partial charge in [0.2, 0.25) is 5.91 Å². The highest BCUT2D eigenvalue weighted by atomic mass is 16.5. The van der Waals surface area contributed by atoms with Crippen molar-refractivity contribution in [2.75, 3.05) is 20.3 Å². The van der Waals surface area contributed by atoms with E-state index in [2.05, 4.69) is 11.6 Å². The van der Waals surface area contributed by atoms with E-state index < -0.39 is 5.97 Å². The lowest BCUT2D eigenvalue weighted by molar-refractivity contribution is -0.136. The number of rotatable bonds is 5. The van der Waals surface area contributed by atoms with Gasteiger partial charge in [0.15, 0.2) is 0 Å². The number of nitrogens with one attached hydrogen (secondary N) is 1. The number of aliphatic hydroxyl groups excluding tert-OH is 1. The van der Waals surface area contributed by atoms with E-state index in [0.717, 1.165) is 27.7 Å².